The molecule has 1 aliphatic heterocycles. The summed E-state index contributed by atoms with van der Waals surface area (Å²) in [7, 11) is -7.76. The molecule has 0 bridgehead atoms. The van der Waals surface area contributed by atoms with E-state index in [9.17, 15) is 26.9 Å². The van der Waals surface area contributed by atoms with Crippen molar-refractivity contribution < 1.29 is 21.8 Å². The highest BCUT2D eigenvalue weighted by atomic mass is 32.2. The maximum absolute atomic E-state index is 13.1. The summed E-state index contributed by atoms with van der Waals surface area (Å²) in [5.74, 6) is 0. The Hall–Kier alpha value is -2.96. The number of hydrogen-bond acceptors (Lipinski definition) is 7. The van der Waals surface area contributed by atoms with E-state index in [1.165, 1.54) is 16.4 Å². The molecule has 1 aliphatic rings. The Labute approximate surface area is 183 Å². The van der Waals surface area contributed by atoms with Crippen LogP contribution in [0.15, 0.2) is 69.1 Å². The molecule has 0 radical (unpaired) electrons. The van der Waals surface area contributed by atoms with Crippen molar-refractivity contribution in [1.82, 2.24) is 0 Å². The molecular formula is C19H17N3O6S3. The first-order valence-electron chi connectivity index (χ1n) is 9.15. The molecule has 0 fully saturated rings. The zero-order chi connectivity index (χ0) is 22.2. The summed E-state index contributed by atoms with van der Waals surface area (Å²) in [5, 5.41) is 12.5. The molecule has 12 heteroatoms. The smallest absolute Gasteiger partial charge is 0.273 e. The van der Waals surface area contributed by atoms with Crippen LogP contribution < -0.4 is 9.03 Å². The molecule has 0 spiro atoms. The Morgan fingerprint density at radius 3 is 2.42 bits per heavy atom. The van der Waals surface area contributed by atoms with E-state index >= 15 is 0 Å². The number of nitro groups is 1. The van der Waals surface area contributed by atoms with E-state index in [1.54, 1.807) is 23.6 Å². The van der Waals surface area contributed by atoms with Gasteiger partial charge in [-0.25, -0.2) is 16.8 Å². The van der Waals surface area contributed by atoms with Crippen LogP contribution in [0.5, 0.6) is 0 Å². The van der Waals surface area contributed by atoms with Crippen LogP contribution in [0.25, 0.3) is 0 Å². The lowest BCUT2D eigenvalue weighted by molar-refractivity contribution is -0.384. The summed E-state index contributed by atoms with van der Waals surface area (Å²) < 4.78 is 55.5. The van der Waals surface area contributed by atoms with Crippen molar-refractivity contribution in [3.05, 3.63) is 75.7 Å². The third-order valence-electron chi connectivity index (χ3n) is 4.81. The first-order chi connectivity index (χ1) is 14.7. The Balaban J connectivity index is 1.67. The second-order valence-corrected chi connectivity index (χ2v) is 11.5. The molecule has 9 nitrogen and oxygen atoms in total. The van der Waals surface area contributed by atoms with E-state index in [2.05, 4.69) is 4.72 Å². The van der Waals surface area contributed by atoms with Gasteiger partial charge in [-0.05, 0) is 54.1 Å². The summed E-state index contributed by atoms with van der Waals surface area (Å²) in [6.07, 6.45) is 1.34. The van der Waals surface area contributed by atoms with Gasteiger partial charge in [-0.2, -0.15) is 0 Å². The summed E-state index contributed by atoms with van der Waals surface area (Å²) in [6.45, 7) is 0.297. The molecule has 0 saturated carbocycles. The van der Waals surface area contributed by atoms with Gasteiger partial charge in [0.05, 0.1) is 21.2 Å². The molecule has 0 aliphatic carbocycles. The van der Waals surface area contributed by atoms with Gasteiger partial charge in [0, 0.05) is 18.7 Å². The number of nitro benzene ring substituents is 1. The summed E-state index contributed by atoms with van der Waals surface area (Å²) in [4.78, 5) is 10.0. The molecule has 0 amide bonds. The molecule has 1 N–H and O–H groups in total. The van der Waals surface area contributed by atoms with Gasteiger partial charge in [0.2, 0.25) is 0 Å². The van der Waals surface area contributed by atoms with Crippen LogP contribution in [-0.2, 0) is 26.5 Å². The van der Waals surface area contributed by atoms with Crippen molar-refractivity contribution in [2.24, 2.45) is 0 Å². The fourth-order valence-electron chi connectivity index (χ4n) is 3.33. The van der Waals surface area contributed by atoms with Crippen molar-refractivity contribution >= 4 is 48.4 Å². The number of non-ortho nitro benzene ring substituents is 1. The lowest BCUT2D eigenvalue weighted by atomic mass is 10.0. The zero-order valence-electron chi connectivity index (χ0n) is 16.0. The van der Waals surface area contributed by atoms with Crippen molar-refractivity contribution in [1.29, 1.82) is 0 Å². The number of hydrogen-bond donors (Lipinski definition) is 1. The third kappa shape index (κ3) is 4.13. The zero-order valence-corrected chi connectivity index (χ0v) is 18.4. The predicted molar refractivity (Wildman–Crippen MR) is 118 cm³/mol. The van der Waals surface area contributed by atoms with Crippen LogP contribution in [0.1, 0.15) is 12.0 Å². The number of nitrogens with one attached hydrogen (secondary N) is 1. The molecule has 4 rings (SSSR count). The minimum atomic E-state index is -4.02. The minimum absolute atomic E-state index is 0.140. The first-order valence-corrected chi connectivity index (χ1v) is 13.0. The Kier molecular flexibility index (Phi) is 5.45. The van der Waals surface area contributed by atoms with Gasteiger partial charge in [0.1, 0.15) is 4.21 Å². The number of sulfonamides is 2. The van der Waals surface area contributed by atoms with Crippen molar-refractivity contribution in [3.8, 4) is 0 Å². The molecule has 2 aromatic carbocycles. The SMILES string of the molecule is O=[N+]([O-])c1ccc(S(=O)(=O)Nc2ccc3c(c2)N(S(=O)(=O)c2cccs2)CCC3)cc1. The lowest BCUT2D eigenvalue weighted by Gasteiger charge is -2.30. The van der Waals surface area contributed by atoms with E-state index < -0.39 is 25.0 Å². The van der Waals surface area contributed by atoms with Crippen LogP contribution >= 0.6 is 11.3 Å². The summed E-state index contributed by atoms with van der Waals surface area (Å²) in [5.41, 5.74) is 1.22. The van der Waals surface area contributed by atoms with E-state index in [0.29, 0.717) is 25.1 Å². The molecule has 31 heavy (non-hydrogen) atoms. The standard InChI is InChI=1S/C19H17N3O6S3/c23-22(24)16-7-9-17(10-8-16)30(25,26)20-15-6-5-14-3-1-11-21(18(14)13-15)31(27,28)19-4-2-12-29-19/h2,4-10,12-13,20H,1,3,11H2. The fraction of sp³-hybridized carbons (Fsp3) is 0.158. The monoisotopic (exact) mass is 479 g/mol. The van der Waals surface area contributed by atoms with Gasteiger partial charge in [0.25, 0.3) is 25.7 Å². The van der Waals surface area contributed by atoms with E-state index in [-0.39, 0.29) is 20.5 Å². The van der Waals surface area contributed by atoms with Crippen LogP contribution in [0.3, 0.4) is 0 Å². The molecular weight excluding hydrogens is 462 g/mol. The van der Waals surface area contributed by atoms with E-state index in [1.807, 2.05) is 0 Å². The maximum Gasteiger partial charge on any atom is 0.273 e. The maximum atomic E-state index is 13.1. The number of benzene rings is 2. The number of thiophene rings is 1. The minimum Gasteiger partial charge on any atom is -0.280 e. The topological polar surface area (TPSA) is 127 Å². The largest absolute Gasteiger partial charge is 0.280 e. The van der Waals surface area contributed by atoms with Crippen LogP contribution in [-0.4, -0.2) is 28.3 Å². The normalized spacial score (nSPS) is 14.1. The van der Waals surface area contributed by atoms with Gasteiger partial charge in [-0.15, -0.1) is 11.3 Å². The number of fused-ring (bicyclic) bond motifs is 1. The third-order valence-corrected chi connectivity index (χ3v) is 9.39. The molecule has 0 unspecified atom stereocenters. The van der Waals surface area contributed by atoms with Gasteiger partial charge in [0.15, 0.2) is 0 Å². The van der Waals surface area contributed by atoms with Crippen LogP contribution in [0.4, 0.5) is 17.1 Å². The molecule has 1 aromatic heterocycles. The quantitative estimate of drug-likeness (QED) is 0.425. The van der Waals surface area contributed by atoms with Crippen molar-refractivity contribution in [2.75, 3.05) is 15.6 Å². The number of anilines is 2. The second kappa shape index (κ2) is 7.94. The van der Waals surface area contributed by atoms with Gasteiger partial charge < -0.3 is 0 Å². The first kappa shape index (κ1) is 21.3. The van der Waals surface area contributed by atoms with Gasteiger partial charge in [-0.3, -0.25) is 19.1 Å². The second-order valence-electron chi connectivity index (χ2n) is 6.81. The molecule has 162 valence electrons. The number of nitrogens with zero attached hydrogens (tertiary/aromatic N) is 2. The Morgan fingerprint density at radius 1 is 1.03 bits per heavy atom. The predicted octanol–water partition coefficient (Wildman–Crippen LogP) is 3.60. The summed E-state index contributed by atoms with van der Waals surface area (Å²) in [6, 6.07) is 12.5. The molecule has 3 aromatic rings. The fourth-order valence-corrected chi connectivity index (χ4v) is 7.02. The van der Waals surface area contributed by atoms with Crippen molar-refractivity contribution in [2.45, 2.75) is 21.9 Å². The van der Waals surface area contributed by atoms with E-state index in [4.69, 9.17) is 0 Å². The van der Waals surface area contributed by atoms with Crippen molar-refractivity contribution in [3.63, 3.8) is 0 Å². The van der Waals surface area contributed by atoms with Gasteiger partial charge >= 0.3 is 0 Å². The highest BCUT2D eigenvalue weighted by Gasteiger charge is 2.30. The average Bonchev–Trinajstić information content (AvgIpc) is 3.29. The average molecular weight is 480 g/mol. The van der Waals surface area contributed by atoms with Gasteiger partial charge in [-0.1, -0.05) is 12.1 Å². The molecule has 0 saturated heterocycles. The highest BCUT2D eigenvalue weighted by molar-refractivity contribution is 7.94. The van der Waals surface area contributed by atoms with E-state index in [0.717, 1.165) is 41.2 Å². The Bertz CT molecular complexity index is 1340. The summed E-state index contributed by atoms with van der Waals surface area (Å²) >= 11 is 1.12. The molecule has 2 heterocycles. The highest BCUT2D eigenvalue weighted by Crippen LogP contribution is 2.35. The van der Waals surface area contributed by atoms with Crippen LogP contribution in [0, 0.1) is 10.1 Å². The van der Waals surface area contributed by atoms with Crippen LogP contribution in [0.2, 0.25) is 0 Å². The Morgan fingerprint density at radius 2 is 1.77 bits per heavy atom. The number of aryl methyl sites for hydroxylation is 1. The lowest BCUT2D eigenvalue weighted by Crippen LogP contribution is -2.35. The number of rotatable bonds is 6. The molecule has 0 atom stereocenters.